The molecule has 1 aromatic heterocycles. The van der Waals surface area contributed by atoms with Crippen molar-refractivity contribution in [2.24, 2.45) is 0 Å². The first-order valence-corrected chi connectivity index (χ1v) is 10.5. The Morgan fingerprint density at radius 2 is 1.79 bits per heavy atom. The zero-order valence-electron chi connectivity index (χ0n) is 17.4. The van der Waals surface area contributed by atoms with Gasteiger partial charge < -0.3 is 10.1 Å². The number of carbonyl (C=O) groups excluding carboxylic acids is 1. The van der Waals surface area contributed by atoms with Crippen LogP contribution in [0.25, 0.3) is 10.9 Å². The second-order valence-electron chi connectivity index (χ2n) is 7.38. The van der Waals surface area contributed by atoms with E-state index in [1.807, 2.05) is 48.5 Å². The van der Waals surface area contributed by atoms with Crippen molar-refractivity contribution in [1.29, 1.82) is 0 Å². The first-order valence-electron chi connectivity index (χ1n) is 10.5. The molecule has 29 heavy (non-hydrogen) atoms. The highest BCUT2D eigenvalue weighted by molar-refractivity contribution is 6.09. The Hall–Kier alpha value is -2.88. The van der Waals surface area contributed by atoms with Gasteiger partial charge in [-0.1, -0.05) is 63.3 Å². The predicted octanol–water partition coefficient (Wildman–Crippen LogP) is 6.40. The van der Waals surface area contributed by atoms with Crippen LogP contribution in [-0.4, -0.2) is 18.0 Å². The van der Waals surface area contributed by atoms with Crippen molar-refractivity contribution in [2.75, 3.05) is 12.4 Å². The number of pyridine rings is 1. The number of amides is 1. The molecular formula is C25H30N2O2. The third-order valence-corrected chi connectivity index (χ3v) is 5.24. The third kappa shape index (κ3) is 5.57. The van der Waals surface area contributed by atoms with E-state index in [9.17, 15) is 4.79 Å². The third-order valence-electron chi connectivity index (χ3n) is 5.24. The number of unbranched alkanes of at least 4 members (excludes halogenated alkanes) is 5. The van der Waals surface area contributed by atoms with Crippen LogP contribution >= 0.6 is 0 Å². The van der Waals surface area contributed by atoms with E-state index in [2.05, 4.69) is 17.2 Å². The maximum Gasteiger partial charge on any atom is 0.256 e. The summed E-state index contributed by atoms with van der Waals surface area (Å²) in [6, 6.07) is 15.5. The fourth-order valence-corrected chi connectivity index (χ4v) is 3.60. The molecule has 0 fully saturated rings. The number of para-hydroxylation sites is 1. The van der Waals surface area contributed by atoms with E-state index in [-0.39, 0.29) is 5.91 Å². The lowest BCUT2D eigenvalue weighted by atomic mass is 9.99. The van der Waals surface area contributed by atoms with Crippen LogP contribution in [0.15, 0.2) is 54.7 Å². The number of hydrogen-bond acceptors (Lipinski definition) is 3. The number of ether oxygens (including phenoxy) is 1. The normalized spacial score (nSPS) is 10.8. The van der Waals surface area contributed by atoms with Gasteiger partial charge in [0.25, 0.3) is 5.91 Å². The average Bonchev–Trinajstić information content (AvgIpc) is 2.76. The smallest absolute Gasteiger partial charge is 0.256 e. The van der Waals surface area contributed by atoms with Crippen LogP contribution in [0.3, 0.4) is 0 Å². The van der Waals surface area contributed by atoms with Crippen LogP contribution < -0.4 is 10.1 Å². The van der Waals surface area contributed by atoms with Crippen LogP contribution in [0.1, 0.15) is 61.4 Å². The van der Waals surface area contributed by atoms with Gasteiger partial charge in [0.1, 0.15) is 5.75 Å². The molecule has 3 rings (SSSR count). The SMILES string of the molecule is CCCCCCCCc1ccc(OC)cc1C(=O)Nc1cccc2cccnc12. The summed E-state index contributed by atoms with van der Waals surface area (Å²) < 4.78 is 5.36. The van der Waals surface area contributed by atoms with Gasteiger partial charge in [0, 0.05) is 17.1 Å². The summed E-state index contributed by atoms with van der Waals surface area (Å²) in [5.74, 6) is 0.570. The summed E-state index contributed by atoms with van der Waals surface area (Å²) in [7, 11) is 1.62. The first kappa shape index (κ1) is 20.8. The Bertz CT molecular complexity index is 947. The van der Waals surface area contributed by atoms with Crippen molar-refractivity contribution < 1.29 is 9.53 Å². The minimum atomic E-state index is -0.122. The molecule has 1 N–H and O–H groups in total. The van der Waals surface area contributed by atoms with Gasteiger partial charge >= 0.3 is 0 Å². The van der Waals surface area contributed by atoms with E-state index < -0.39 is 0 Å². The molecule has 0 saturated carbocycles. The van der Waals surface area contributed by atoms with Crippen molar-refractivity contribution in [3.8, 4) is 5.75 Å². The van der Waals surface area contributed by atoms with E-state index >= 15 is 0 Å². The highest BCUT2D eigenvalue weighted by Gasteiger charge is 2.14. The topological polar surface area (TPSA) is 51.2 Å². The molecule has 2 aromatic carbocycles. The van der Waals surface area contributed by atoms with Gasteiger partial charge in [-0.3, -0.25) is 9.78 Å². The van der Waals surface area contributed by atoms with Crippen molar-refractivity contribution in [1.82, 2.24) is 4.98 Å². The lowest BCUT2D eigenvalue weighted by Crippen LogP contribution is -2.15. The highest BCUT2D eigenvalue weighted by atomic mass is 16.5. The molecule has 0 saturated heterocycles. The summed E-state index contributed by atoms with van der Waals surface area (Å²) in [5, 5.41) is 4.06. The summed E-state index contributed by atoms with van der Waals surface area (Å²) in [4.78, 5) is 17.6. The average molecular weight is 391 g/mol. The van der Waals surface area contributed by atoms with Gasteiger partial charge in [0.05, 0.1) is 18.3 Å². The molecular weight excluding hydrogens is 360 g/mol. The Morgan fingerprint density at radius 1 is 1.00 bits per heavy atom. The second kappa shape index (κ2) is 10.6. The number of nitrogens with zero attached hydrogens (tertiary/aromatic N) is 1. The Kier molecular flexibility index (Phi) is 7.62. The molecule has 152 valence electrons. The van der Waals surface area contributed by atoms with Crippen LogP contribution in [-0.2, 0) is 6.42 Å². The van der Waals surface area contributed by atoms with Crippen molar-refractivity contribution in [3.05, 3.63) is 65.9 Å². The van der Waals surface area contributed by atoms with Gasteiger partial charge in [-0.15, -0.1) is 0 Å². The number of nitrogens with one attached hydrogen (secondary N) is 1. The quantitative estimate of drug-likeness (QED) is 0.408. The zero-order valence-corrected chi connectivity index (χ0v) is 17.4. The Labute approximate surface area is 173 Å². The number of benzene rings is 2. The molecule has 0 spiro atoms. The van der Waals surface area contributed by atoms with Crippen molar-refractivity contribution in [2.45, 2.75) is 51.9 Å². The molecule has 0 aliphatic rings. The fourth-order valence-electron chi connectivity index (χ4n) is 3.60. The van der Waals surface area contributed by atoms with Crippen LogP contribution in [0.5, 0.6) is 5.75 Å². The summed E-state index contributed by atoms with van der Waals surface area (Å²) in [5.41, 5.74) is 3.25. The van der Waals surface area contributed by atoms with E-state index in [1.54, 1.807) is 13.3 Å². The number of aromatic nitrogens is 1. The number of hydrogen-bond donors (Lipinski definition) is 1. The number of fused-ring (bicyclic) bond motifs is 1. The molecule has 4 heteroatoms. The molecule has 0 bridgehead atoms. The molecule has 0 atom stereocenters. The highest BCUT2D eigenvalue weighted by Crippen LogP contribution is 2.24. The molecule has 0 aliphatic carbocycles. The fraction of sp³-hybridized carbons (Fsp3) is 0.360. The number of rotatable bonds is 10. The molecule has 4 nitrogen and oxygen atoms in total. The maximum absolute atomic E-state index is 13.1. The molecule has 1 amide bonds. The van der Waals surface area contributed by atoms with Gasteiger partial charge in [-0.25, -0.2) is 0 Å². The molecule has 1 heterocycles. The standard InChI is InChI=1S/C25H30N2O2/c1-3-4-5-6-7-8-11-19-15-16-21(29-2)18-22(19)25(28)27-23-14-9-12-20-13-10-17-26-24(20)23/h9-10,12-18H,3-8,11H2,1-2H3,(H,27,28). The predicted molar refractivity (Wildman–Crippen MR) is 120 cm³/mol. The van der Waals surface area contributed by atoms with Crippen LogP contribution in [0.4, 0.5) is 5.69 Å². The number of carbonyl (C=O) groups is 1. The maximum atomic E-state index is 13.1. The Morgan fingerprint density at radius 3 is 2.62 bits per heavy atom. The summed E-state index contributed by atoms with van der Waals surface area (Å²) in [6.07, 6.45) is 10.0. The summed E-state index contributed by atoms with van der Waals surface area (Å²) >= 11 is 0. The first-order chi connectivity index (χ1) is 14.2. The lowest BCUT2D eigenvalue weighted by molar-refractivity contribution is 0.102. The van der Waals surface area contributed by atoms with Crippen molar-refractivity contribution in [3.63, 3.8) is 0 Å². The second-order valence-corrected chi connectivity index (χ2v) is 7.38. The number of anilines is 1. The molecule has 0 radical (unpaired) electrons. The van der Waals surface area contributed by atoms with E-state index in [4.69, 9.17) is 4.74 Å². The van der Waals surface area contributed by atoms with Crippen LogP contribution in [0.2, 0.25) is 0 Å². The van der Waals surface area contributed by atoms with E-state index in [0.29, 0.717) is 11.3 Å². The largest absolute Gasteiger partial charge is 0.497 e. The van der Waals surface area contributed by atoms with E-state index in [1.165, 1.54) is 32.1 Å². The monoisotopic (exact) mass is 390 g/mol. The molecule has 0 unspecified atom stereocenters. The number of aryl methyl sites for hydroxylation is 1. The molecule has 0 aliphatic heterocycles. The summed E-state index contributed by atoms with van der Waals surface area (Å²) in [6.45, 7) is 2.23. The number of methoxy groups -OCH3 is 1. The Balaban J connectivity index is 1.75. The zero-order chi connectivity index (χ0) is 20.5. The lowest BCUT2D eigenvalue weighted by Gasteiger charge is -2.13. The molecule has 3 aromatic rings. The van der Waals surface area contributed by atoms with Gasteiger partial charge in [0.15, 0.2) is 0 Å². The minimum Gasteiger partial charge on any atom is -0.497 e. The van der Waals surface area contributed by atoms with Crippen LogP contribution in [0, 0.1) is 0 Å². The minimum absolute atomic E-state index is 0.122. The van der Waals surface area contributed by atoms with Gasteiger partial charge in [-0.05, 0) is 42.7 Å². The van der Waals surface area contributed by atoms with Gasteiger partial charge in [-0.2, -0.15) is 0 Å². The van der Waals surface area contributed by atoms with Crippen molar-refractivity contribution >= 4 is 22.5 Å². The van der Waals surface area contributed by atoms with Gasteiger partial charge in [0.2, 0.25) is 0 Å². The van der Waals surface area contributed by atoms with E-state index in [0.717, 1.165) is 35.0 Å².